The van der Waals surface area contributed by atoms with Crippen molar-refractivity contribution in [3.05, 3.63) is 54.0 Å². The first-order chi connectivity index (χ1) is 9.29. The summed E-state index contributed by atoms with van der Waals surface area (Å²) in [6.07, 6.45) is 0. The Morgan fingerprint density at radius 2 is 2.05 bits per heavy atom. The molecule has 0 unspecified atom stereocenters. The van der Waals surface area contributed by atoms with Crippen LogP contribution in [0.3, 0.4) is 0 Å². The molecule has 0 aliphatic rings. The summed E-state index contributed by atoms with van der Waals surface area (Å²) in [6.45, 7) is 0.438. The maximum Gasteiger partial charge on any atom is 0.214 e. The summed E-state index contributed by atoms with van der Waals surface area (Å²) in [5, 5.41) is 11.5. The van der Waals surface area contributed by atoms with Crippen LogP contribution < -0.4 is 10.1 Å². The second kappa shape index (κ2) is 6.36. The molecule has 0 bridgehead atoms. The maximum absolute atomic E-state index is 12.9. The van der Waals surface area contributed by atoms with Gasteiger partial charge in [-0.3, -0.25) is 0 Å². The van der Waals surface area contributed by atoms with Crippen molar-refractivity contribution in [2.45, 2.75) is 6.54 Å². The third kappa shape index (κ3) is 3.68. The molecule has 0 aliphatic carbocycles. The Labute approximate surface area is 110 Å². The zero-order valence-corrected chi connectivity index (χ0v) is 10.1. The zero-order chi connectivity index (χ0) is 13.5. The van der Waals surface area contributed by atoms with Crippen molar-refractivity contribution in [2.75, 3.05) is 11.9 Å². The second-order valence-corrected chi connectivity index (χ2v) is 3.75. The number of anilines is 1. The Balaban J connectivity index is 2.05. The first kappa shape index (κ1) is 12.8. The van der Waals surface area contributed by atoms with Gasteiger partial charge in [-0.05, 0) is 18.2 Å². The number of halogens is 1. The fraction of sp³-hybridized carbons (Fsp3) is 0.143. The lowest BCUT2D eigenvalue weighted by atomic mass is 10.2. The molecule has 1 N–H and O–H groups in total. The molecule has 0 amide bonds. The van der Waals surface area contributed by atoms with Gasteiger partial charge in [0.1, 0.15) is 17.6 Å². The fourth-order valence-electron chi connectivity index (χ4n) is 1.59. The number of pyridine rings is 1. The van der Waals surface area contributed by atoms with E-state index in [1.165, 1.54) is 6.07 Å². The number of benzene rings is 1. The molecular weight excluding hydrogens is 245 g/mol. The predicted molar refractivity (Wildman–Crippen MR) is 69.1 cm³/mol. The van der Waals surface area contributed by atoms with Crippen molar-refractivity contribution >= 4 is 5.82 Å². The molecule has 1 aromatic heterocycles. The number of nitrogens with zero attached hydrogens (tertiary/aromatic N) is 2. The van der Waals surface area contributed by atoms with Crippen LogP contribution in [0.4, 0.5) is 10.2 Å². The maximum atomic E-state index is 12.9. The molecule has 5 heteroatoms. The van der Waals surface area contributed by atoms with Gasteiger partial charge >= 0.3 is 0 Å². The summed E-state index contributed by atoms with van der Waals surface area (Å²) in [4.78, 5) is 3.71. The van der Waals surface area contributed by atoms with Crippen LogP contribution in [0.15, 0.2) is 42.5 Å². The van der Waals surface area contributed by atoms with E-state index in [9.17, 15) is 4.39 Å². The summed E-state index contributed by atoms with van der Waals surface area (Å²) >= 11 is 0. The topological polar surface area (TPSA) is 57.9 Å². The van der Waals surface area contributed by atoms with Crippen LogP contribution >= 0.6 is 0 Å². The molecule has 0 spiro atoms. The number of rotatable bonds is 5. The average Bonchev–Trinajstić information content (AvgIpc) is 2.44. The van der Waals surface area contributed by atoms with Gasteiger partial charge in [0, 0.05) is 12.1 Å². The van der Waals surface area contributed by atoms with E-state index in [1.807, 2.05) is 24.3 Å². The molecule has 0 aliphatic heterocycles. The van der Waals surface area contributed by atoms with Gasteiger partial charge in [-0.1, -0.05) is 24.3 Å². The highest BCUT2D eigenvalue weighted by atomic mass is 19.1. The highest BCUT2D eigenvalue weighted by Gasteiger charge is 2.03. The van der Waals surface area contributed by atoms with Gasteiger partial charge in [0.2, 0.25) is 5.95 Å². The smallest absolute Gasteiger partial charge is 0.214 e. The van der Waals surface area contributed by atoms with Gasteiger partial charge < -0.3 is 10.1 Å². The van der Waals surface area contributed by atoms with Gasteiger partial charge in [0.15, 0.2) is 6.61 Å². The quantitative estimate of drug-likeness (QED) is 0.837. The SMILES string of the molecule is N#CCOc1ccccc1CNc1cccc(F)n1. The lowest BCUT2D eigenvalue weighted by Crippen LogP contribution is -2.05. The molecule has 2 rings (SSSR count). The number of para-hydroxylation sites is 1. The van der Waals surface area contributed by atoms with Gasteiger partial charge in [0.25, 0.3) is 0 Å². The molecule has 0 saturated carbocycles. The molecule has 0 fully saturated rings. The van der Waals surface area contributed by atoms with Crippen LogP contribution in [0, 0.1) is 17.3 Å². The van der Waals surface area contributed by atoms with Crippen molar-refractivity contribution in [3.63, 3.8) is 0 Å². The number of nitriles is 1. The first-order valence-electron chi connectivity index (χ1n) is 5.73. The summed E-state index contributed by atoms with van der Waals surface area (Å²) in [6, 6.07) is 13.8. The minimum absolute atomic E-state index is 0.00473. The minimum atomic E-state index is -0.529. The number of aromatic nitrogens is 1. The van der Waals surface area contributed by atoms with Crippen molar-refractivity contribution in [2.24, 2.45) is 0 Å². The summed E-state index contributed by atoms with van der Waals surface area (Å²) < 4.78 is 18.2. The molecule has 4 nitrogen and oxygen atoms in total. The Kier molecular flexibility index (Phi) is 4.29. The number of hydrogen-bond donors (Lipinski definition) is 1. The van der Waals surface area contributed by atoms with Crippen LogP contribution in [-0.4, -0.2) is 11.6 Å². The van der Waals surface area contributed by atoms with E-state index < -0.39 is 5.95 Å². The summed E-state index contributed by atoms with van der Waals surface area (Å²) in [7, 11) is 0. The molecule has 19 heavy (non-hydrogen) atoms. The van der Waals surface area contributed by atoms with E-state index in [-0.39, 0.29) is 6.61 Å². The molecule has 0 atom stereocenters. The Morgan fingerprint density at radius 3 is 2.84 bits per heavy atom. The lowest BCUT2D eigenvalue weighted by Gasteiger charge is -2.10. The van der Waals surface area contributed by atoms with Crippen LogP contribution in [0.5, 0.6) is 5.75 Å². The Bertz CT molecular complexity index is 595. The standard InChI is InChI=1S/C14H12FN3O/c15-13-6-3-7-14(18-13)17-10-11-4-1-2-5-12(11)19-9-8-16/h1-7H,9-10H2,(H,17,18). The highest BCUT2D eigenvalue weighted by molar-refractivity contribution is 5.39. The molecular formula is C14H12FN3O. The third-order valence-corrected chi connectivity index (χ3v) is 2.44. The van der Waals surface area contributed by atoms with E-state index >= 15 is 0 Å². The number of ether oxygens (including phenoxy) is 1. The van der Waals surface area contributed by atoms with Crippen LogP contribution in [0.2, 0.25) is 0 Å². The summed E-state index contributed by atoms with van der Waals surface area (Å²) in [5.41, 5.74) is 0.879. The van der Waals surface area contributed by atoms with Gasteiger partial charge in [-0.2, -0.15) is 9.65 Å². The Hall–Kier alpha value is -2.61. The van der Waals surface area contributed by atoms with E-state index in [1.54, 1.807) is 18.2 Å². The average molecular weight is 257 g/mol. The molecule has 1 aromatic carbocycles. The van der Waals surface area contributed by atoms with Crippen molar-refractivity contribution < 1.29 is 9.13 Å². The van der Waals surface area contributed by atoms with Gasteiger partial charge in [0.05, 0.1) is 0 Å². The Morgan fingerprint density at radius 1 is 1.21 bits per heavy atom. The molecule has 0 radical (unpaired) electrons. The van der Waals surface area contributed by atoms with E-state index in [0.717, 1.165) is 5.56 Å². The second-order valence-electron chi connectivity index (χ2n) is 3.75. The van der Waals surface area contributed by atoms with E-state index in [0.29, 0.717) is 18.1 Å². The minimum Gasteiger partial charge on any atom is -0.478 e. The van der Waals surface area contributed by atoms with E-state index in [4.69, 9.17) is 10.00 Å². The van der Waals surface area contributed by atoms with Gasteiger partial charge in [-0.25, -0.2) is 4.98 Å². The van der Waals surface area contributed by atoms with Gasteiger partial charge in [-0.15, -0.1) is 0 Å². The zero-order valence-electron chi connectivity index (χ0n) is 10.1. The number of nitrogens with one attached hydrogen (secondary N) is 1. The predicted octanol–water partition coefficient (Wildman–Crippen LogP) is 2.74. The van der Waals surface area contributed by atoms with Crippen LogP contribution in [-0.2, 0) is 6.54 Å². The van der Waals surface area contributed by atoms with Crippen molar-refractivity contribution in [1.29, 1.82) is 5.26 Å². The lowest BCUT2D eigenvalue weighted by molar-refractivity contribution is 0.364. The van der Waals surface area contributed by atoms with E-state index in [2.05, 4.69) is 10.3 Å². The molecule has 1 heterocycles. The monoisotopic (exact) mass is 257 g/mol. The van der Waals surface area contributed by atoms with Crippen LogP contribution in [0.1, 0.15) is 5.56 Å². The highest BCUT2D eigenvalue weighted by Crippen LogP contribution is 2.19. The fourth-order valence-corrected chi connectivity index (χ4v) is 1.59. The molecule has 96 valence electrons. The largest absolute Gasteiger partial charge is 0.478 e. The molecule has 2 aromatic rings. The third-order valence-electron chi connectivity index (χ3n) is 2.44. The van der Waals surface area contributed by atoms with Crippen molar-refractivity contribution in [3.8, 4) is 11.8 Å². The molecule has 0 saturated heterocycles. The first-order valence-corrected chi connectivity index (χ1v) is 5.73. The van der Waals surface area contributed by atoms with Crippen LogP contribution in [0.25, 0.3) is 0 Å². The number of hydrogen-bond acceptors (Lipinski definition) is 4. The normalized spacial score (nSPS) is 9.68. The summed E-state index contributed by atoms with van der Waals surface area (Å²) in [5.74, 6) is 0.557. The van der Waals surface area contributed by atoms with Crippen molar-refractivity contribution in [1.82, 2.24) is 4.98 Å².